The second-order valence-electron chi connectivity index (χ2n) is 5.31. The highest BCUT2D eigenvalue weighted by Gasteiger charge is 2.24. The van der Waals surface area contributed by atoms with E-state index in [-0.39, 0.29) is 0 Å². The number of pyridine rings is 1. The quantitative estimate of drug-likeness (QED) is 0.553. The van der Waals surface area contributed by atoms with Gasteiger partial charge < -0.3 is 19.8 Å². The molecule has 3 rings (SSSR count). The molecule has 3 N–H and O–H groups in total. The summed E-state index contributed by atoms with van der Waals surface area (Å²) in [5.74, 6) is -0.388. The number of nitrogens with one attached hydrogen (secondary N) is 2. The number of carboxylic acid groups (broad SMARTS) is 1. The number of carboxylic acids is 1. The molecule has 0 aliphatic carbocycles. The minimum atomic E-state index is -0.981. The van der Waals surface area contributed by atoms with Crippen molar-refractivity contribution < 1.29 is 14.6 Å². The van der Waals surface area contributed by atoms with Gasteiger partial charge in [-0.15, -0.1) is 0 Å². The molecule has 0 saturated heterocycles. The fourth-order valence-corrected chi connectivity index (χ4v) is 3.01. The fourth-order valence-electron chi connectivity index (χ4n) is 2.66. The number of fused-ring (bicyclic) bond motifs is 1. The van der Waals surface area contributed by atoms with E-state index in [2.05, 4.69) is 17.4 Å². The lowest BCUT2D eigenvalue weighted by Gasteiger charge is -2.19. The van der Waals surface area contributed by atoms with Crippen LogP contribution in [0.4, 0.5) is 5.69 Å². The van der Waals surface area contributed by atoms with Crippen LogP contribution < -0.4 is 15.6 Å². The number of aromatic nitrogens is 1. The summed E-state index contributed by atoms with van der Waals surface area (Å²) in [6.07, 6.45) is 3.33. The molecule has 0 saturated carbocycles. The number of ether oxygens (including phenoxy) is 1. The third-order valence-electron chi connectivity index (χ3n) is 3.76. The van der Waals surface area contributed by atoms with Crippen molar-refractivity contribution in [2.24, 2.45) is 0 Å². The van der Waals surface area contributed by atoms with Crippen LogP contribution in [0.3, 0.4) is 0 Å². The summed E-state index contributed by atoms with van der Waals surface area (Å²) in [5, 5.41) is 9.76. The summed E-state index contributed by atoms with van der Waals surface area (Å²) in [4.78, 5) is 11.9. The molecule has 0 fully saturated rings. The maximum Gasteiger partial charge on any atom is 0.331 e. The Labute approximate surface area is 144 Å². The average molecular weight is 343 g/mol. The number of carbonyl (C=O) groups is 1. The van der Waals surface area contributed by atoms with E-state index in [1.807, 2.05) is 6.07 Å². The molecular formula is C17H17N3O3S. The second kappa shape index (κ2) is 6.86. The maximum atomic E-state index is 11.9. The first-order valence-electron chi connectivity index (χ1n) is 7.41. The molecule has 1 aromatic carbocycles. The van der Waals surface area contributed by atoms with Crippen LogP contribution in [0.25, 0.3) is 0 Å². The zero-order valence-electron chi connectivity index (χ0n) is 12.9. The average Bonchev–Trinajstić information content (AvgIpc) is 3.05. The molecule has 124 valence electrons. The Morgan fingerprint density at radius 1 is 1.50 bits per heavy atom. The number of hydrazine groups is 1. The van der Waals surface area contributed by atoms with Crippen LogP contribution in [0, 0.1) is 4.64 Å². The molecule has 1 aliphatic heterocycles. The molecule has 2 aromatic rings. The van der Waals surface area contributed by atoms with Gasteiger partial charge in [0.25, 0.3) is 0 Å². The molecule has 0 bridgehead atoms. The SMILES string of the molecule is C=CCOc1cccc(C(C(=O)O)n2ccc3c(c2=S)CNN3)c1. The van der Waals surface area contributed by atoms with Crippen LogP contribution in [0.15, 0.2) is 49.2 Å². The van der Waals surface area contributed by atoms with Gasteiger partial charge in [0.1, 0.15) is 17.0 Å². The number of benzene rings is 1. The van der Waals surface area contributed by atoms with Gasteiger partial charge in [0.2, 0.25) is 0 Å². The summed E-state index contributed by atoms with van der Waals surface area (Å²) in [6, 6.07) is 7.92. The Morgan fingerprint density at radius 2 is 2.33 bits per heavy atom. The van der Waals surface area contributed by atoms with E-state index in [0.29, 0.717) is 29.1 Å². The molecule has 1 aromatic heterocycles. The Bertz CT molecular complexity index is 847. The number of aliphatic carboxylic acids is 1. The largest absolute Gasteiger partial charge is 0.490 e. The molecule has 6 nitrogen and oxygen atoms in total. The lowest BCUT2D eigenvalue weighted by atomic mass is 10.1. The Hall–Kier alpha value is -2.64. The molecule has 24 heavy (non-hydrogen) atoms. The third kappa shape index (κ3) is 3.04. The number of hydrogen-bond donors (Lipinski definition) is 3. The Morgan fingerprint density at radius 3 is 3.08 bits per heavy atom. The van der Waals surface area contributed by atoms with Gasteiger partial charge in [-0.05, 0) is 23.8 Å². The number of anilines is 1. The van der Waals surface area contributed by atoms with Crippen molar-refractivity contribution in [3.05, 3.63) is 65.0 Å². The van der Waals surface area contributed by atoms with Crippen LogP contribution >= 0.6 is 12.2 Å². The molecule has 0 spiro atoms. The van der Waals surface area contributed by atoms with E-state index in [0.717, 1.165) is 11.3 Å². The molecule has 0 amide bonds. The van der Waals surface area contributed by atoms with Gasteiger partial charge in [-0.25, -0.2) is 10.2 Å². The smallest absolute Gasteiger partial charge is 0.331 e. The van der Waals surface area contributed by atoms with Crippen LogP contribution in [-0.4, -0.2) is 22.2 Å². The van der Waals surface area contributed by atoms with Gasteiger partial charge in [0, 0.05) is 18.3 Å². The Balaban J connectivity index is 2.04. The maximum absolute atomic E-state index is 11.9. The second-order valence-corrected chi connectivity index (χ2v) is 5.70. The van der Waals surface area contributed by atoms with Gasteiger partial charge in [0.05, 0.1) is 5.69 Å². The van der Waals surface area contributed by atoms with Gasteiger partial charge in [-0.1, -0.05) is 37.0 Å². The first-order valence-corrected chi connectivity index (χ1v) is 7.82. The number of hydrogen-bond acceptors (Lipinski definition) is 5. The van der Waals surface area contributed by atoms with Crippen LogP contribution in [0.2, 0.25) is 0 Å². The van der Waals surface area contributed by atoms with Crippen molar-refractivity contribution in [1.82, 2.24) is 9.99 Å². The highest BCUT2D eigenvalue weighted by atomic mass is 32.1. The lowest BCUT2D eigenvalue weighted by molar-refractivity contribution is -0.139. The molecule has 0 radical (unpaired) electrons. The zero-order valence-corrected chi connectivity index (χ0v) is 13.7. The summed E-state index contributed by atoms with van der Waals surface area (Å²) >= 11 is 5.49. The zero-order chi connectivity index (χ0) is 17.1. The van der Waals surface area contributed by atoms with Crippen LogP contribution in [0.1, 0.15) is 17.2 Å². The topological polar surface area (TPSA) is 75.5 Å². The molecule has 2 heterocycles. The van der Waals surface area contributed by atoms with E-state index < -0.39 is 12.0 Å². The van der Waals surface area contributed by atoms with Crippen molar-refractivity contribution in [2.45, 2.75) is 12.6 Å². The Kier molecular flexibility index (Phi) is 4.64. The van der Waals surface area contributed by atoms with Gasteiger partial charge >= 0.3 is 5.97 Å². The van der Waals surface area contributed by atoms with E-state index in [1.54, 1.807) is 41.1 Å². The lowest BCUT2D eigenvalue weighted by Crippen LogP contribution is -2.21. The summed E-state index contributed by atoms with van der Waals surface area (Å²) in [5.41, 5.74) is 8.35. The van der Waals surface area contributed by atoms with Crippen molar-refractivity contribution in [3.63, 3.8) is 0 Å². The minimum Gasteiger partial charge on any atom is -0.490 e. The molecular weight excluding hydrogens is 326 g/mol. The normalized spacial score (nSPS) is 13.7. The van der Waals surface area contributed by atoms with Crippen LogP contribution in [0.5, 0.6) is 5.75 Å². The van der Waals surface area contributed by atoms with E-state index >= 15 is 0 Å². The van der Waals surface area contributed by atoms with Gasteiger partial charge in [-0.2, -0.15) is 0 Å². The van der Waals surface area contributed by atoms with Crippen molar-refractivity contribution in [2.75, 3.05) is 12.0 Å². The number of nitrogens with zero attached hydrogens (tertiary/aromatic N) is 1. The molecule has 1 atom stereocenters. The minimum absolute atomic E-state index is 0.358. The van der Waals surface area contributed by atoms with Gasteiger partial charge in [0.15, 0.2) is 6.04 Å². The summed E-state index contributed by atoms with van der Waals surface area (Å²) < 4.78 is 7.59. The predicted molar refractivity (Wildman–Crippen MR) is 93.6 cm³/mol. The fraction of sp³-hybridized carbons (Fsp3) is 0.176. The first kappa shape index (κ1) is 16.2. The van der Waals surface area contributed by atoms with Crippen molar-refractivity contribution in [3.8, 4) is 5.75 Å². The highest BCUT2D eigenvalue weighted by molar-refractivity contribution is 7.71. The third-order valence-corrected chi connectivity index (χ3v) is 4.22. The monoisotopic (exact) mass is 343 g/mol. The first-order chi connectivity index (χ1) is 11.6. The van der Waals surface area contributed by atoms with Gasteiger partial charge in [-0.3, -0.25) is 0 Å². The van der Waals surface area contributed by atoms with Crippen molar-refractivity contribution in [1.29, 1.82) is 0 Å². The van der Waals surface area contributed by atoms with E-state index in [1.165, 1.54) is 0 Å². The molecule has 7 heteroatoms. The molecule has 1 aliphatic rings. The highest BCUT2D eigenvalue weighted by Crippen LogP contribution is 2.27. The summed E-state index contributed by atoms with van der Waals surface area (Å²) in [6.45, 7) is 4.52. The van der Waals surface area contributed by atoms with E-state index in [9.17, 15) is 9.90 Å². The standard InChI is InChI=1S/C17H17N3O3S/c1-2-8-23-12-5-3-4-11(9-12)15(17(21)22)20-7-6-14-13(16(20)24)10-18-19-14/h2-7,9,15,18-19H,1,8,10H2,(H,21,22). The van der Waals surface area contributed by atoms with E-state index in [4.69, 9.17) is 17.0 Å². The summed E-state index contributed by atoms with van der Waals surface area (Å²) in [7, 11) is 0. The number of rotatable bonds is 6. The predicted octanol–water partition coefficient (Wildman–Crippen LogP) is 2.89. The van der Waals surface area contributed by atoms with Crippen molar-refractivity contribution >= 4 is 23.9 Å². The molecule has 1 unspecified atom stereocenters. The van der Waals surface area contributed by atoms with Crippen LogP contribution in [-0.2, 0) is 11.3 Å².